The molecule has 3 heteroatoms. The minimum absolute atomic E-state index is 0.0473. The van der Waals surface area contributed by atoms with Gasteiger partial charge in [0.2, 0.25) is 0 Å². The number of para-hydroxylation sites is 1. The zero-order valence-electron chi connectivity index (χ0n) is 10.7. The van der Waals surface area contributed by atoms with Gasteiger partial charge in [-0.15, -0.1) is 0 Å². The molecule has 0 saturated heterocycles. The lowest BCUT2D eigenvalue weighted by molar-refractivity contribution is 0.993. The summed E-state index contributed by atoms with van der Waals surface area (Å²) in [4.78, 5) is 12.0. The predicted octanol–water partition coefficient (Wildman–Crippen LogP) is 4.16. The minimum atomic E-state index is -0.0473. The van der Waals surface area contributed by atoms with Crippen LogP contribution in [-0.4, -0.2) is 4.57 Å². The Morgan fingerprint density at radius 2 is 1.40 bits per heavy atom. The maximum absolute atomic E-state index is 12.0. The van der Waals surface area contributed by atoms with Crippen molar-refractivity contribution in [3.05, 3.63) is 88.3 Å². The topological polar surface area (TPSA) is 22.0 Å². The Hall–Kier alpha value is -2.32. The number of nitrogens with zero attached hydrogens (tertiary/aromatic N) is 1. The lowest BCUT2D eigenvalue weighted by Gasteiger charge is -2.08. The van der Waals surface area contributed by atoms with Gasteiger partial charge in [-0.3, -0.25) is 9.36 Å². The first-order valence-corrected chi connectivity index (χ1v) is 6.66. The smallest absolute Gasteiger partial charge is 0.255 e. The van der Waals surface area contributed by atoms with Gasteiger partial charge in [0.25, 0.3) is 5.56 Å². The molecule has 0 atom stereocenters. The van der Waals surface area contributed by atoms with E-state index in [1.54, 1.807) is 10.6 Å². The van der Waals surface area contributed by atoms with Crippen molar-refractivity contribution in [1.82, 2.24) is 4.57 Å². The lowest BCUT2D eigenvalue weighted by Crippen LogP contribution is -2.16. The Kier molecular flexibility index (Phi) is 3.40. The summed E-state index contributed by atoms with van der Waals surface area (Å²) in [6, 6.07) is 20.5. The van der Waals surface area contributed by atoms with E-state index >= 15 is 0 Å². The van der Waals surface area contributed by atoms with Crippen LogP contribution >= 0.6 is 11.6 Å². The summed E-state index contributed by atoms with van der Waals surface area (Å²) < 4.78 is 1.64. The molecule has 0 amide bonds. The molecule has 0 aliphatic carbocycles. The Balaban J connectivity index is 2.12. The third kappa shape index (κ3) is 2.51. The first kappa shape index (κ1) is 12.7. The number of rotatable bonds is 2. The molecule has 2 nitrogen and oxygen atoms in total. The van der Waals surface area contributed by atoms with Gasteiger partial charge in [0, 0.05) is 23.0 Å². The molecule has 0 fully saturated rings. The molecule has 0 aliphatic heterocycles. The molecule has 0 N–H and O–H groups in total. The molecule has 0 saturated carbocycles. The maximum Gasteiger partial charge on any atom is 0.255 e. The average Bonchev–Trinajstić information content (AvgIpc) is 2.50. The molecule has 0 unspecified atom stereocenters. The summed E-state index contributed by atoms with van der Waals surface area (Å²) in [5.74, 6) is 0. The van der Waals surface area contributed by atoms with Crippen molar-refractivity contribution in [3.63, 3.8) is 0 Å². The van der Waals surface area contributed by atoms with Gasteiger partial charge in [0.15, 0.2) is 0 Å². The van der Waals surface area contributed by atoms with Crippen LogP contribution in [0.4, 0.5) is 0 Å². The summed E-state index contributed by atoms with van der Waals surface area (Å²) in [7, 11) is 0. The minimum Gasteiger partial charge on any atom is -0.284 e. The van der Waals surface area contributed by atoms with Crippen LogP contribution in [0.2, 0.25) is 5.02 Å². The van der Waals surface area contributed by atoms with Gasteiger partial charge in [-0.2, -0.15) is 0 Å². The van der Waals surface area contributed by atoms with Gasteiger partial charge in [-0.05, 0) is 41.5 Å². The van der Waals surface area contributed by atoms with Gasteiger partial charge in [0.05, 0.1) is 0 Å². The highest BCUT2D eigenvalue weighted by molar-refractivity contribution is 6.30. The molecule has 2 aromatic carbocycles. The normalized spacial score (nSPS) is 10.4. The van der Waals surface area contributed by atoms with E-state index in [1.807, 2.05) is 66.9 Å². The van der Waals surface area contributed by atoms with Crippen molar-refractivity contribution in [1.29, 1.82) is 0 Å². The van der Waals surface area contributed by atoms with Crippen molar-refractivity contribution < 1.29 is 0 Å². The Morgan fingerprint density at radius 1 is 0.750 bits per heavy atom. The molecular formula is C17H12ClNO. The van der Waals surface area contributed by atoms with Crippen LogP contribution in [0.15, 0.2) is 77.7 Å². The number of hydrogen-bond donors (Lipinski definition) is 0. The van der Waals surface area contributed by atoms with Crippen LogP contribution in [0.3, 0.4) is 0 Å². The van der Waals surface area contributed by atoms with Crippen LogP contribution in [0, 0.1) is 0 Å². The Bertz CT molecular complexity index is 776. The first-order valence-electron chi connectivity index (χ1n) is 6.28. The number of benzene rings is 2. The molecule has 0 spiro atoms. The van der Waals surface area contributed by atoms with E-state index < -0.39 is 0 Å². The second-order valence-corrected chi connectivity index (χ2v) is 4.90. The van der Waals surface area contributed by atoms with E-state index in [0.717, 1.165) is 16.8 Å². The molecule has 98 valence electrons. The fraction of sp³-hybridized carbons (Fsp3) is 0. The Morgan fingerprint density at radius 3 is 2.10 bits per heavy atom. The molecule has 0 aliphatic rings. The van der Waals surface area contributed by atoms with Crippen LogP contribution < -0.4 is 5.56 Å². The van der Waals surface area contributed by atoms with Crippen molar-refractivity contribution in [2.24, 2.45) is 0 Å². The van der Waals surface area contributed by atoms with Crippen LogP contribution in [0.5, 0.6) is 0 Å². The van der Waals surface area contributed by atoms with Crippen molar-refractivity contribution >= 4 is 11.6 Å². The molecule has 0 bridgehead atoms. The van der Waals surface area contributed by atoms with Crippen LogP contribution in [-0.2, 0) is 0 Å². The average molecular weight is 282 g/mol. The van der Waals surface area contributed by atoms with E-state index in [-0.39, 0.29) is 5.56 Å². The van der Waals surface area contributed by atoms with Crippen LogP contribution in [0.25, 0.3) is 16.8 Å². The second-order valence-electron chi connectivity index (χ2n) is 4.47. The zero-order valence-corrected chi connectivity index (χ0v) is 11.4. The van der Waals surface area contributed by atoms with E-state index in [2.05, 4.69) is 0 Å². The highest BCUT2D eigenvalue weighted by Gasteiger charge is 2.03. The fourth-order valence-electron chi connectivity index (χ4n) is 2.09. The molecule has 3 aromatic rings. The molecular weight excluding hydrogens is 270 g/mol. The van der Waals surface area contributed by atoms with Crippen molar-refractivity contribution in [3.8, 4) is 16.8 Å². The number of hydrogen-bond acceptors (Lipinski definition) is 1. The van der Waals surface area contributed by atoms with Gasteiger partial charge in [-0.1, -0.05) is 41.9 Å². The Labute approximate surface area is 121 Å². The summed E-state index contributed by atoms with van der Waals surface area (Å²) in [5, 5.41) is 0.699. The SMILES string of the molecule is O=c1ccc(-c2ccc(Cl)cc2)cn1-c1ccccc1. The number of pyridine rings is 1. The summed E-state index contributed by atoms with van der Waals surface area (Å²) in [6.07, 6.45) is 1.85. The summed E-state index contributed by atoms with van der Waals surface area (Å²) in [6.45, 7) is 0. The van der Waals surface area contributed by atoms with Crippen LogP contribution in [0.1, 0.15) is 0 Å². The zero-order chi connectivity index (χ0) is 13.9. The predicted molar refractivity (Wildman–Crippen MR) is 82.5 cm³/mol. The molecule has 1 heterocycles. The largest absolute Gasteiger partial charge is 0.284 e. The van der Waals surface area contributed by atoms with Crippen molar-refractivity contribution in [2.75, 3.05) is 0 Å². The monoisotopic (exact) mass is 281 g/mol. The molecule has 0 radical (unpaired) electrons. The van der Waals surface area contributed by atoms with Crippen molar-refractivity contribution in [2.45, 2.75) is 0 Å². The standard InChI is InChI=1S/C17H12ClNO/c18-15-9-6-13(7-10-15)14-8-11-17(20)19(12-14)16-4-2-1-3-5-16/h1-12H. The molecule has 3 rings (SSSR count). The van der Waals surface area contributed by atoms with Gasteiger partial charge in [0.1, 0.15) is 0 Å². The number of aromatic nitrogens is 1. The van der Waals surface area contributed by atoms with Gasteiger partial charge in [-0.25, -0.2) is 0 Å². The van der Waals surface area contributed by atoms with E-state index in [9.17, 15) is 4.79 Å². The highest BCUT2D eigenvalue weighted by Crippen LogP contribution is 2.21. The maximum atomic E-state index is 12.0. The quantitative estimate of drug-likeness (QED) is 0.691. The van der Waals surface area contributed by atoms with E-state index in [0.29, 0.717) is 5.02 Å². The van der Waals surface area contributed by atoms with Gasteiger partial charge >= 0.3 is 0 Å². The van der Waals surface area contributed by atoms with Gasteiger partial charge < -0.3 is 0 Å². The first-order chi connectivity index (χ1) is 9.74. The third-order valence-electron chi connectivity index (χ3n) is 3.12. The summed E-state index contributed by atoms with van der Waals surface area (Å²) >= 11 is 5.90. The molecule has 1 aromatic heterocycles. The lowest BCUT2D eigenvalue weighted by atomic mass is 10.1. The molecule has 20 heavy (non-hydrogen) atoms. The fourth-order valence-corrected chi connectivity index (χ4v) is 2.22. The van der Waals surface area contributed by atoms with E-state index in [1.165, 1.54) is 0 Å². The second kappa shape index (κ2) is 5.35. The summed E-state index contributed by atoms with van der Waals surface area (Å²) in [5.41, 5.74) is 2.81. The third-order valence-corrected chi connectivity index (χ3v) is 3.37. The highest BCUT2D eigenvalue weighted by atomic mass is 35.5. The van der Waals surface area contributed by atoms with E-state index in [4.69, 9.17) is 11.6 Å². The number of halogens is 1.